The number of aryl methyl sites for hydroxylation is 1. The molecule has 9 heteroatoms. The number of ketones is 1. The fourth-order valence-corrected chi connectivity index (χ4v) is 6.02. The molecule has 1 aromatic heterocycles. The van der Waals surface area contributed by atoms with Gasteiger partial charge < -0.3 is 14.7 Å². The number of anilines is 2. The van der Waals surface area contributed by atoms with Crippen LogP contribution in [0.25, 0.3) is 16.0 Å². The molecule has 188 valence electrons. The van der Waals surface area contributed by atoms with E-state index in [4.69, 9.17) is 4.74 Å². The third kappa shape index (κ3) is 4.38. The second-order valence-electron chi connectivity index (χ2n) is 8.97. The van der Waals surface area contributed by atoms with Crippen LogP contribution in [0.4, 0.5) is 10.8 Å². The maximum atomic E-state index is 13.5. The zero-order valence-electron chi connectivity index (χ0n) is 20.7. The van der Waals surface area contributed by atoms with Crippen molar-refractivity contribution in [3.8, 4) is 5.75 Å². The highest BCUT2D eigenvalue weighted by atomic mass is 79.9. The Balaban J connectivity index is 1.71. The number of carbonyl (C=O) groups is 2. The van der Waals surface area contributed by atoms with Crippen LogP contribution < -0.4 is 14.5 Å². The van der Waals surface area contributed by atoms with Crippen LogP contribution in [0.2, 0.25) is 0 Å². The van der Waals surface area contributed by atoms with Gasteiger partial charge in [-0.05, 0) is 76.4 Å². The molecule has 1 saturated heterocycles. The van der Waals surface area contributed by atoms with E-state index in [9.17, 15) is 14.7 Å². The van der Waals surface area contributed by atoms with Gasteiger partial charge in [0.2, 0.25) is 0 Å². The second kappa shape index (κ2) is 9.64. The van der Waals surface area contributed by atoms with Gasteiger partial charge >= 0.3 is 5.91 Å². The summed E-state index contributed by atoms with van der Waals surface area (Å²) in [6.07, 6.45) is 0. The van der Waals surface area contributed by atoms with Crippen LogP contribution in [0.1, 0.15) is 22.7 Å². The number of hydrogen-bond donors (Lipinski definition) is 1. The summed E-state index contributed by atoms with van der Waals surface area (Å²) in [5.74, 6) is -1.17. The third-order valence-corrected chi connectivity index (χ3v) is 7.97. The van der Waals surface area contributed by atoms with Crippen LogP contribution in [0.15, 0.2) is 70.7 Å². The molecule has 37 heavy (non-hydrogen) atoms. The summed E-state index contributed by atoms with van der Waals surface area (Å²) in [4.78, 5) is 35.0. The Labute approximate surface area is 226 Å². The van der Waals surface area contributed by atoms with E-state index in [0.717, 1.165) is 21.5 Å². The lowest BCUT2D eigenvalue weighted by atomic mass is 9.95. The van der Waals surface area contributed by atoms with E-state index in [1.165, 1.54) is 16.2 Å². The first kappa shape index (κ1) is 25.0. The Bertz CT molecular complexity index is 1580. The summed E-state index contributed by atoms with van der Waals surface area (Å²) in [6.45, 7) is 1.99. The number of nitrogens with zero attached hydrogens (tertiary/aromatic N) is 3. The maximum Gasteiger partial charge on any atom is 0.301 e. The van der Waals surface area contributed by atoms with Crippen molar-refractivity contribution in [2.75, 3.05) is 31.0 Å². The van der Waals surface area contributed by atoms with E-state index in [1.54, 1.807) is 25.3 Å². The molecular formula is C28H24BrN3O4S. The topological polar surface area (TPSA) is 83.0 Å². The molecule has 1 fully saturated rings. The number of methoxy groups -OCH3 is 1. The van der Waals surface area contributed by atoms with E-state index in [0.29, 0.717) is 26.5 Å². The Hall–Kier alpha value is -3.69. The second-order valence-corrected chi connectivity index (χ2v) is 10.8. The highest BCUT2D eigenvalue weighted by molar-refractivity contribution is 9.10. The number of hydrogen-bond acceptors (Lipinski definition) is 7. The number of rotatable bonds is 5. The lowest BCUT2D eigenvalue weighted by Crippen LogP contribution is -2.29. The molecule has 0 bridgehead atoms. The summed E-state index contributed by atoms with van der Waals surface area (Å²) >= 11 is 4.78. The number of benzene rings is 3. The van der Waals surface area contributed by atoms with Crippen molar-refractivity contribution in [1.82, 2.24) is 4.98 Å². The first-order valence-corrected chi connectivity index (χ1v) is 13.1. The van der Waals surface area contributed by atoms with Crippen molar-refractivity contribution >= 4 is 65.8 Å². The smallest absolute Gasteiger partial charge is 0.301 e. The van der Waals surface area contributed by atoms with Crippen LogP contribution in [0.5, 0.6) is 5.75 Å². The molecule has 1 N–H and O–H groups in total. The minimum Gasteiger partial charge on any atom is -0.507 e. The number of aromatic nitrogens is 1. The van der Waals surface area contributed by atoms with E-state index < -0.39 is 17.7 Å². The molecule has 1 aliphatic heterocycles. The summed E-state index contributed by atoms with van der Waals surface area (Å²) < 4.78 is 6.82. The molecule has 1 atom stereocenters. The number of aliphatic hydroxyl groups is 1. The van der Waals surface area contributed by atoms with Crippen molar-refractivity contribution in [2.24, 2.45) is 0 Å². The summed E-state index contributed by atoms with van der Waals surface area (Å²) in [7, 11) is 5.42. The molecule has 0 radical (unpaired) electrons. The normalized spacial score (nSPS) is 17.0. The predicted octanol–water partition coefficient (Wildman–Crippen LogP) is 6.07. The van der Waals surface area contributed by atoms with Gasteiger partial charge in [0, 0.05) is 25.3 Å². The largest absolute Gasteiger partial charge is 0.507 e. The number of halogens is 1. The highest BCUT2D eigenvalue weighted by Crippen LogP contribution is 2.45. The summed E-state index contributed by atoms with van der Waals surface area (Å²) in [6, 6.07) is 17.6. The van der Waals surface area contributed by atoms with Gasteiger partial charge in [0.25, 0.3) is 5.78 Å². The first-order chi connectivity index (χ1) is 17.7. The first-order valence-electron chi connectivity index (χ1n) is 11.5. The molecule has 7 nitrogen and oxygen atoms in total. The molecule has 4 aromatic rings. The molecule has 2 heterocycles. The van der Waals surface area contributed by atoms with Crippen LogP contribution in [0, 0.1) is 6.92 Å². The minimum atomic E-state index is -0.848. The molecule has 1 unspecified atom stereocenters. The number of ether oxygens (including phenoxy) is 1. The number of carbonyl (C=O) groups excluding carboxylic acids is 2. The monoisotopic (exact) mass is 577 g/mol. The van der Waals surface area contributed by atoms with E-state index >= 15 is 0 Å². The Morgan fingerprint density at radius 3 is 2.46 bits per heavy atom. The Kier molecular flexibility index (Phi) is 6.51. The number of fused-ring (bicyclic) bond motifs is 1. The van der Waals surface area contributed by atoms with Crippen molar-refractivity contribution in [3.05, 3.63) is 87.4 Å². The average Bonchev–Trinajstić information content (AvgIpc) is 3.41. The van der Waals surface area contributed by atoms with E-state index in [1.807, 2.05) is 68.4 Å². The SMILES string of the molecule is COc1ccc(/C(O)=C2\C(=O)C(=O)N(c3nc4ccc(C)cc4s3)C2c2ccc(N(C)C)cc2)cc1Br. The standard InChI is InChI=1S/C28H24BrN3O4S/c1-15-5-11-20-22(13-15)37-28(30-20)32-24(16-6-9-18(10-7-16)31(2)3)23(26(34)27(32)35)25(33)17-8-12-21(36-4)19(29)14-17/h5-14,24,33H,1-4H3/b25-23+. The number of thiazole rings is 1. The van der Waals surface area contributed by atoms with Crippen LogP contribution in [-0.4, -0.2) is 43.0 Å². The maximum absolute atomic E-state index is 13.5. The molecule has 0 aliphatic carbocycles. The number of amides is 1. The lowest BCUT2D eigenvalue weighted by molar-refractivity contribution is -0.132. The third-order valence-electron chi connectivity index (χ3n) is 6.33. The van der Waals surface area contributed by atoms with Crippen molar-refractivity contribution in [2.45, 2.75) is 13.0 Å². The molecule has 3 aromatic carbocycles. The quantitative estimate of drug-likeness (QED) is 0.176. The van der Waals surface area contributed by atoms with Gasteiger partial charge in [-0.2, -0.15) is 0 Å². The van der Waals surface area contributed by atoms with Gasteiger partial charge in [-0.25, -0.2) is 4.98 Å². The summed E-state index contributed by atoms with van der Waals surface area (Å²) in [5.41, 5.74) is 3.87. The molecule has 1 amide bonds. The van der Waals surface area contributed by atoms with Gasteiger partial charge in [-0.1, -0.05) is 29.5 Å². The number of Topliss-reactive ketones (excluding diaryl/α,β-unsaturated/α-hetero) is 1. The van der Waals surface area contributed by atoms with Crippen molar-refractivity contribution < 1.29 is 19.4 Å². The predicted molar refractivity (Wildman–Crippen MR) is 151 cm³/mol. The highest BCUT2D eigenvalue weighted by Gasteiger charge is 2.48. The average molecular weight is 578 g/mol. The van der Waals surface area contributed by atoms with E-state index in [2.05, 4.69) is 20.9 Å². The van der Waals surface area contributed by atoms with Crippen LogP contribution in [-0.2, 0) is 9.59 Å². The Morgan fingerprint density at radius 1 is 1.08 bits per heavy atom. The van der Waals surface area contributed by atoms with Gasteiger partial charge in [-0.3, -0.25) is 14.5 Å². The summed E-state index contributed by atoms with van der Waals surface area (Å²) in [5, 5.41) is 11.8. The zero-order valence-corrected chi connectivity index (χ0v) is 23.1. The fraction of sp³-hybridized carbons (Fsp3) is 0.179. The zero-order chi connectivity index (χ0) is 26.4. The van der Waals surface area contributed by atoms with Gasteiger partial charge in [0.1, 0.15) is 11.5 Å². The van der Waals surface area contributed by atoms with Crippen LogP contribution in [0.3, 0.4) is 0 Å². The van der Waals surface area contributed by atoms with Crippen molar-refractivity contribution in [3.63, 3.8) is 0 Å². The molecule has 5 rings (SSSR count). The number of aliphatic hydroxyl groups excluding tert-OH is 1. The van der Waals surface area contributed by atoms with Crippen molar-refractivity contribution in [1.29, 1.82) is 0 Å². The van der Waals surface area contributed by atoms with Gasteiger partial charge in [-0.15, -0.1) is 0 Å². The molecular weight excluding hydrogens is 554 g/mol. The minimum absolute atomic E-state index is 0.00936. The molecule has 0 saturated carbocycles. The molecule has 0 spiro atoms. The van der Waals surface area contributed by atoms with E-state index in [-0.39, 0.29) is 11.3 Å². The van der Waals surface area contributed by atoms with Gasteiger partial charge in [0.05, 0.1) is 33.4 Å². The van der Waals surface area contributed by atoms with Crippen LogP contribution >= 0.6 is 27.3 Å². The lowest BCUT2D eigenvalue weighted by Gasteiger charge is -2.23. The fourth-order valence-electron chi connectivity index (χ4n) is 4.39. The van der Waals surface area contributed by atoms with Gasteiger partial charge in [0.15, 0.2) is 5.13 Å². The Morgan fingerprint density at radius 2 is 1.81 bits per heavy atom. The molecule has 1 aliphatic rings.